The van der Waals surface area contributed by atoms with Crippen molar-refractivity contribution in [1.29, 1.82) is 0 Å². The van der Waals surface area contributed by atoms with Crippen LogP contribution in [0.15, 0.2) is 188 Å². The molecule has 11 aromatic rings. The number of imidazole rings is 1. The Bertz CT molecular complexity index is 4150. The Morgan fingerprint density at radius 2 is 1.26 bits per heavy atom. The molecule has 0 fully saturated rings. The van der Waals surface area contributed by atoms with Crippen molar-refractivity contribution in [3.63, 3.8) is 0 Å². The van der Waals surface area contributed by atoms with E-state index in [1.165, 1.54) is 4.57 Å². The van der Waals surface area contributed by atoms with E-state index < -0.39 is 19.2 Å². The molecule has 332 valence electrons. The Hall–Kier alpha value is -7.53. The first-order chi connectivity index (χ1) is 35.5. The average Bonchev–Trinajstić information content (AvgIpc) is 3.97. The Morgan fingerprint density at radius 1 is 0.574 bits per heavy atom. The number of rotatable bonds is 5. The van der Waals surface area contributed by atoms with Crippen LogP contribution in [0.1, 0.15) is 62.4 Å². The fourth-order valence-electron chi connectivity index (χ4n) is 10.8. The number of aryl methyl sites for hydroxylation is 2. The summed E-state index contributed by atoms with van der Waals surface area (Å²) in [5, 5.41) is 1.89. The van der Waals surface area contributed by atoms with Crippen LogP contribution in [0, 0.1) is 10.7 Å². The van der Waals surface area contributed by atoms with Crippen LogP contribution in [0.2, 0.25) is 0 Å². The topological polar surface area (TPSA) is 46.1 Å². The van der Waals surface area contributed by atoms with Crippen molar-refractivity contribution in [3.05, 3.63) is 225 Å². The molecule has 0 bridgehead atoms. The molecular weight excluding hydrogens is 1020 g/mol. The summed E-state index contributed by atoms with van der Waals surface area (Å²) < 4.78 is 71.3. The standard InChI is InChI=1S/C61H46N4O2.Pt/c1-38-31-59(62-36-48(38)39-25-27-40(28-26-39)60(2,3)4)65-55-33-43(66-42-16-14-15-41(32-42)64-37-63(5)53-21-10-11-22-54(53)64)29-30-45(55)47-34-46-44-17-6-7-18-49(44)61(52(46)35-56(47)65)50-19-8-12-23-57(50)67-58-24-13-9-20-51(58)61;/h6-36H,1-5H3;/i1D3,5D3;. The SMILES string of the molecule is [2H]C([2H])([2H])c1cc(-n2c3cc(Oc4cccc(-n5[c](=[Pt])n(C([2H])([2H])[2H])c6ccccc65)c4)ccc3c3cc4c(cc32)C2(c3ccccc3Oc3ccccc32)c2ccccc2-4)ncc1-c1ccc(C(C)(C)C)cc1. The van der Waals surface area contributed by atoms with Gasteiger partial charge >= 0.3 is 198 Å². The van der Waals surface area contributed by atoms with Gasteiger partial charge in [0.1, 0.15) is 11.5 Å². The average molecular weight is 1070 g/mol. The monoisotopic (exact) mass is 1070 g/mol. The van der Waals surface area contributed by atoms with Crippen molar-refractivity contribution in [2.75, 3.05) is 0 Å². The predicted octanol–water partition coefficient (Wildman–Crippen LogP) is 15.1. The summed E-state index contributed by atoms with van der Waals surface area (Å²) in [5.41, 5.74) is 12.0. The van der Waals surface area contributed by atoms with Crippen LogP contribution in [-0.4, -0.2) is 18.7 Å². The Kier molecular flexibility index (Phi) is 7.65. The third-order valence-electron chi connectivity index (χ3n) is 13.9. The van der Waals surface area contributed by atoms with Crippen LogP contribution in [0.5, 0.6) is 23.0 Å². The fraction of sp³-hybridized carbons (Fsp3) is 0.115. The van der Waals surface area contributed by atoms with Crippen molar-refractivity contribution < 1.29 is 37.1 Å². The molecule has 13 rings (SSSR count). The third-order valence-corrected chi connectivity index (χ3v) is 14.9. The van der Waals surface area contributed by atoms with Gasteiger partial charge < -0.3 is 4.74 Å². The van der Waals surface area contributed by atoms with Gasteiger partial charge in [-0.1, -0.05) is 106 Å². The second-order valence-electron chi connectivity index (χ2n) is 18.7. The summed E-state index contributed by atoms with van der Waals surface area (Å²) >= 11 is 2.08. The van der Waals surface area contributed by atoms with Gasteiger partial charge in [-0.25, -0.2) is 0 Å². The van der Waals surface area contributed by atoms with Gasteiger partial charge in [-0.05, 0) is 63.3 Å². The minimum absolute atomic E-state index is 0.0783. The van der Waals surface area contributed by atoms with Crippen LogP contribution in [0.3, 0.4) is 0 Å². The Morgan fingerprint density at radius 3 is 2.01 bits per heavy atom. The summed E-state index contributed by atoms with van der Waals surface area (Å²) in [6.07, 6.45) is 1.70. The predicted molar refractivity (Wildman–Crippen MR) is 270 cm³/mol. The van der Waals surface area contributed by atoms with Gasteiger partial charge in [-0.2, -0.15) is 0 Å². The number of para-hydroxylation sites is 4. The summed E-state index contributed by atoms with van der Waals surface area (Å²) in [5.74, 6) is 3.09. The molecule has 0 saturated heterocycles. The third kappa shape index (κ3) is 5.93. The van der Waals surface area contributed by atoms with Crippen molar-refractivity contribution in [2.45, 2.75) is 38.5 Å². The van der Waals surface area contributed by atoms with Gasteiger partial charge in [0.25, 0.3) is 0 Å². The molecule has 1 spiro atoms. The Labute approximate surface area is 414 Å². The molecule has 7 heteroatoms. The van der Waals surface area contributed by atoms with E-state index in [2.05, 4.69) is 124 Å². The molecule has 6 nitrogen and oxygen atoms in total. The molecule has 0 saturated carbocycles. The van der Waals surface area contributed by atoms with Crippen LogP contribution in [0.25, 0.3) is 66.6 Å². The number of benzene rings is 8. The van der Waals surface area contributed by atoms with Crippen molar-refractivity contribution in [3.8, 4) is 56.8 Å². The molecule has 0 amide bonds. The molecular formula is C61H46N4O2Pt. The van der Waals surface area contributed by atoms with E-state index in [1.807, 2.05) is 102 Å². The molecule has 3 aromatic heterocycles. The number of hydrogen-bond donors (Lipinski definition) is 0. The minimum Gasteiger partial charge on any atom is -0.457 e. The summed E-state index contributed by atoms with van der Waals surface area (Å²) in [4.78, 5) is 5.17. The number of ether oxygens (including phenoxy) is 2. The molecule has 0 radical (unpaired) electrons. The quantitative estimate of drug-likeness (QED) is 0.173. The first-order valence-corrected chi connectivity index (χ1v) is 23.8. The molecule has 1 aliphatic heterocycles. The molecule has 68 heavy (non-hydrogen) atoms. The van der Waals surface area contributed by atoms with E-state index in [9.17, 15) is 0 Å². The van der Waals surface area contributed by atoms with Crippen molar-refractivity contribution in [1.82, 2.24) is 18.7 Å². The number of hydrogen-bond acceptors (Lipinski definition) is 3. The molecule has 4 heterocycles. The van der Waals surface area contributed by atoms with Crippen molar-refractivity contribution >= 4 is 32.8 Å². The van der Waals surface area contributed by atoms with Gasteiger partial charge in [0.2, 0.25) is 0 Å². The zero-order valence-electron chi connectivity index (χ0n) is 43.3. The molecule has 1 aliphatic carbocycles. The zero-order chi connectivity index (χ0) is 51.1. The fourth-order valence-corrected chi connectivity index (χ4v) is 11.6. The van der Waals surface area contributed by atoms with E-state index >= 15 is 0 Å². The van der Waals surface area contributed by atoms with Gasteiger partial charge in [0.15, 0.2) is 0 Å². The van der Waals surface area contributed by atoms with E-state index in [-0.39, 0.29) is 11.0 Å². The number of fused-ring (bicyclic) bond motifs is 13. The van der Waals surface area contributed by atoms with E-state index in [4.69, 9.17) is 22.7 Å². The van der Waals surface area contributed by atoms with Crippen LogP contribution >= 0.6 is 0 Å². The maximum absolute atomic E-state index is 8.96. The zero-order valence-corrected chi connectivity index (χ0v) is 39.6. The molecule has 8 aromatic carbocycles. The van der Waals surface area contributed by atoms with Crippen LogP contribution in [-0.2, 0) is 37.2 Å². The Balaban J connectivity index is 1.04. The first kappa shape index (κ1) is 34.7. The minimum atomic E-state index is -2.48. The number of aromatic nitrogens is 4. The summed E-state index contributed by atoms with van der Waals surface area (Å²) in [7, 11) is 0. The van der Waals surface area contributed by atoms with E-state index in [0.717, 1.165) is 89.0 Å². The molecule has 2 aliphatic rings. The number of pyridine rings is 1. The summed E-state index contributed by atoms with van der Waals surface area (Å²) in [6.45, 7) is 1.59. The van der Waals surface area contributed by atoms with Crippen LogP contribution in [0.4, 0.5) is 0 Å². The smallest absolute Gasteiger partial charge is 0.457 e. The van der Waals surface area contributed by atoms with Gasteiger partial charge in [-0.15, -0.1) is 0 Å². The molecule has 0 atom stereocenters. The number of nitrogens with zero attached hydrogens (tertiary/aromatic N) is 4. The summed E-state index contributed by atoms with van der Waals surface area (Å²) in [6, 6.07) is 60.6. The molecule has 0 unspecified atom stereocenters. The van der Waals surface area contributed by atoms with Crippen LogP contribution < -0.4 is 9.47 Å². The van der Waals surface area contributed by atoms with Gasteiger partial charge in [-0.3, -0.25) is 0 Å². The van der Waals surface area contributed by atoms with Gasteiger partial charge in [0.05, 0.1) is 5.41 Å². The van der Waals surface area contributed by atoms with E-state index in [0.29, 0.717) is 32.2 Å². The second-order valence-corrected chi connectivity index (χ2v) is 19.8. The second kappa shape index (κ2) is 15.0. The molecule has 0 N–H and O–H groups in total. The van der Waals surface area contributed by atoms with Gasteiger partial charge in [0, 0.05) is 27.0 Å². The van der Waals surface area contributed by atoms with E-state index in [1.54, 1.807) is 12.3 Å². The van der Waals surface area contributed by atoms with Crippen molar-refractivity contribution in [2.24, 2.45) is 6.98 Å². The normalized spacial score (nSPS) is 15.1. The first-order valence-electron chi connectivity index (χ1n) is 25.7. The maximum atomic E-state index is 8.96.